The van der Waals surface area contributed by atoms with Gasteiger partial charge >= 0.3 is 6.09 Å². The van der Waals surface area contributed by atoms with Crippen molar-refractivity contribution in [2.45, 2.75) is 57.0 Å². The maximum absolute atomic E-state index is 11.2. The van der Waals surface area contributed by atoms with Gasteiger partial charge in [-0.2, -0.15) is 0 Å². The highest BCUT2D eigenvalue weighted by molar-refractivity contribution is 5.67. The molecule has 1 aliphatic carbocycles. The van der Waals surface area contributed by atoms with Crippen LogP contribution in [-0.4, -0.2) is 43.3 Å². The Kier molecular flexibility index (Phi) is 4.66. The molecule has 1 saturated carbocycles. The largest absolute Gasteiger partial charge is 0.453 e. The van der Waals surface area contributed by atoms with Crippen molar-refractivity contribution >= 4 is 6.09 Å². The van der Waals surface area contributed by atoms with Gasteiger partial charge in [0.2, 0.25) is 0 Å². The van der Waals surface area contributed by atoms with E-state index in [0.29, 0.717) is 0 Å². The molecule has 1 aliphatic heterocycles. The smallest absolute Gasteiger partial charge is 0.407 e. The molecular formula is C13H24N2O2. The summed E-state index contributed by atoms with van der Waals surface area (Å²) < 4.78 is 4.67. The zero-order valence-electron chi connectivity index (χ0n) is 10.8. The lowest BCUT2D eigenvalue weighted by atomic mass is 9.92. The fourth-order valence-electron chi connectivity index (χ4n) is 3.13. The van der Waals surface area contributed by atoms with Gasteiger partial charge in [0.05, 0.1) is 7.11 Å². The van der Waals surface area contributed by atoms with Crippen molar-refractivity contribution in [3.8, 4) is 0 Å². The summed E-state index contributed by atoms with van der Waals surface area (Å²) in [6.45, 7) is 2.20. The summed E-state index contributed by atoms with van der Waals surface area (Å²) in [4.78, 5) is 13.8. The fraction of sp³-hybridized carbons (Fsp3) is 0.923. The fourth-order valence-corrected chi connectivity index (χ4v) is 3.13. The maximum atomic E-state index is 11.2. The number of hydrogen-bond donors (Lipinski definition) is 1. The first-order chi connectivity index (χ1) is 8.29. The van der Waals surface area contributed by atoms with Crippen molar-refractivity contribution < 1.29 is 9.53 Å². The van der Waals surface area contributed by atoms with Crippen LogP contribution in [0, 0.1) is 0 Å². The van der Waals surface area contributed by atoms with E-state index >= 15 is 0 Å². The minimum absolute atomic E-state index is 0.276. The average Bonchev–Trinajstić information content (AvgIpc) is 2.40. The van der Waals surface area contributed by atoms with Crippen molar-refractivity contribution in [1.82, 2.24) is 10.2 Å². The Labute approximate surface area is 104 Å². The summed E-state index contributed by atoms with van der Waals surface area (Å²) in [5, 5.41) is 2.93. The number of ether oxygens (including phenoxy) is 1. The van der Waals surface area contributed by atoms with Gasteiger partial charge in [-0.1, -0.05) is 19.3 Å². The van der Waals surface area contributed by atoms with E-state index in [1.54, 1.807) is 0 Å². The molecule has 0 aromatic heterocycles. The van der Waals surface area contributed by atoms with Gasteiger partial charge in [-0.05, 0) is 32.2 Å². The van der Waals surface area contributed by atoms with E-state index in [1.165, 1.54) is 52.2 Å². The van der Waals surface area contributed by atoms with Crippen LogP contribution in [0.4, 0.5) is 4.79 Å². The van der Waals surface area contributed by atoms with Crippen LogP contribution in [0.3, 0.4) is 0 Å². The Balaban J connectivity index is 1.81. The molecule has 1 amide bonds. The van der Waals surface area contributed by atoms with Gasteiger partial charge in [0.25, 0.3) is 0 Å². The molecule has 4 nitrogen and oxygen atoms in total. The van der Waals surface area contributed by atoms with Crippen molar-refractivity contribution in [2.24, 2.45) is 0 Å². The van der Waals surface area contributed by atoms with Crippen LogP contribution >= 0.6 is 0 Å². The Bertz CT molecular complexity index is 252. The van der Waals surface area contributed by atoms with Gasteiger partial charge in [-0.25, -0.2) is 4.79 Å². The summed E-state index contributed by atoms with van der Waals surface area (Å²) in [5.74, 6) is 0. The Hall–Kier alpha value is -0.770. The number of carbonyl (C=O) groups excluding carboxylic acids is 1. The van der Waals surface area contributed by atoms with Gasteiger partial charge in [0.1, 0.15) is 0 Å². The topological polar surface area (TPSA) is 41.6 Å². The average molecular weight is 240 g/mol. The number of likely N-dealkylation sites (tertiary alicyclic amines) is 1. The number of rotatable bonds is 2. The van der Waals surface area contributed by atoms with Gasteiger partial charge in [0.15, 0.2) is 0 Å². The second-order valence-electron chi connectivity index (χ2n) is 5.26. The van der Waals surface area contributed by atoms with E-state index in [-0.39, 0.29) is 12.1 Å². The van der Waals surface area contributed by atoms with Crippen molar-refractivity contribution in [3.63, 3.8) is 0 Å². The number of nitrogens with one attached hydrogen (secondary N) is 1. The summed E-state index contributed by atoms with van der Waals surface area (Å²) >= 11 is 0. The standard InChI is InChI=1S/C13H24N2O2/c1-17-13(16)14-11-6-5-9-15(10-11)12-7-3-2-4-8-12/h11-12H,2-10H2,1H3,(H,14,16). The molecule has 0 radical (unpaired) electrons. The molecule has 17 heavy (non-hydrogen) atoms. The predicted molar refractivity (Wildman–Crippen MR) is 67.0 cm³/mol. The summed E-state index contributed by atoms with van der Waals surface area (Å²) in [7, 11) is 1.43. The lowest BCUT2D eigenvalue weighted by molar-refractivity contribution is 0.104. The van der Waals surface area contributed by atoms with E-state index in [1.807, 2.05) is 0 Å². The van der Waals surface area contributed by atoms with Crippen LogP contribution in [0.2, 0.25) is 0 Å². The number of carbonyl (C=O) groups is 1. The number of methoxy groups -OCH3 is 1. The molecule has 0 aromatic rings. The molecule has 1 atom stereocenters. The van der Waals surface area contributed by atoms with Crippen LogP contribution < -0.4 is 5.32 Å². The number of alkyl carbamates (subject to hydrolysis) is 1. The minimum Gasteiger partial charge on any atom is -0.453 e. The Morgan fingerprint density at radius 2 is 1.94 bits per heavy atom. The van der Waals surface area contributed by atoms with Gasteiger partial charge in [-0.15, -0.1) is 0 Å². The third-order valence-electron chi connectivity index (χ3n) is 4.05. The number of piperidine rings is 1. The molecule has 0 bridgehead atoms. The molecule has 2 fully saturated rings. The third-order valence-corrected chi connectivity index (χ3v) is 4.05. The van der Waals surface area contributed by atoms with E-state index in [0.717, 1.165) is 19.0 Å². The number of nitrogens with zero attached hydrogens (tertiary/aromatic N) is 1. The van der Waals surface area contributed by atoms with Crippen molar-refractivity contribution in [3.05, 3.63) is 0 Å². The van der Waals surface area contributed by atoms with Gasteiger partial charge < -0.3 is 10.1 Å². The zero-order valence-corrected chi connectivity index (χ0v) is 10.8. The molecule has 2 aliphatic rings. The Morgan fingerprint density at radius 1 is 1.18 bits per heavy atom. The quantitative estimate of drug-likeness (QED) is 0.804. The molecule has 0 spiro atoms. The normalized spacial score (nSPS) is 27.7. The summed E-state index contributed by atoms with van der Waals surface area (Å²) in [6, 6.07) is 1.03. The third kappa shape index (κ3) is 3.60. The van der Waals surface area contributed by atoms with Crippen LogP contribution in [-0.2, 0) is 4.74 Å². The van der Waals surface area contributed by atoms with E-state index < -0.39 is 0 Å². The Morgan fingerprint density at radius 3 is 2.65 bits per heavy atom. The zero-order chi connectivity index (χ0) is 12.1. The molecule has 1 N–H and O–H groups in total. The molecule has 4 heteroatoms. The van der Waals surface area contributed by atoms with E-state index in [4.69, 9.17) is 0 Å². The van der Waals surface area contributed by atoms with Gasteiger partial charge in [0, 0.05) is 18.6 Å². The number of amides is 1. The molecule has 1 saturated heterocycles. The first-order valence-corrected chi connectivity index (χ1v) is 6.88. The van der Waals surface area contributed by atoms with Crippen LogP contribution in [0.25, 0.3) is 0 Å². The van der Waals surface area contributed by atoms with E-state index in [9.17, 15) is 4.79 Å². The highest BCUT2D eigenvalue weighted by Gasteiger charge is 2.27. The molecule has 0 aromatic carbocycles. The van der Waals surface area contributed by atoms with Crippen molar-refractivity contribution in [1.29, 1.82) is 0 Å². The monoisotopic (exact) mass is 240 g/mol. The minimum atomic E-state index is -0.291. The molecule has 1 heterocycles. The molecule has 2 rings (SSSR count). The van der Waals surface area contributed by atoms with Crippen LogP contribution in [0.5, 0.6) is 0 Å². The first kappa shape index (κ1) is 12.7. The molecule has 98 valence electrons. The second-order valence-corrected chi connectivity index (χ2v) is 5.26. The maximum Gasteiger partial charge on any atom is 0.407 e. The number of hydrogen-bond acceptors (Lipinski definition) is 3. The lowest BCUT2D eigenvalue weighted by Gasteiger charge is -2.40. The van der Waals surface area contributed by atoms with E-state index in [2.05, 4.69) is 15.0 Å². The molecule has 1 unspecified atom stereocenters. The SMILES string of the molecule is COC(=O)NC1CCCN(C2CCCCC2)C1. The summed E-state index contributed by atoms with van der Waals surface area (Å²) in [6.07, 6.45) is 8.79. The summed E-state index contributed by atoms with van der Waals surface area (Å²) in [5.41, 5.74) is 0. The molecular weight excluding hydrogens is 216 g/mol. The van der Waals surface area contributed by atoms with Crippen molar-refractivity contribution in [2.75, 3.05) is 20.2 Å². The lowest BCUT2D eigenvalue weighted by Crippen LogP contribution is -2.51. The highest BCUT2D eigenvalue weighted by atomic mass is 16.5. The van der Waals surface area contributed by atoms with Crippen LogP contribution in [0.15, 0.2) is 0 Å². The highest BCUT2D eigenvalue weighted by Crippen LogP contribution is 2.25. The first-order valence-electron chi connectivity index (χ1n) is 6.88. The van der Waals surface area contributed by atoms with Gasteiger partial charge in [-0.3, -0.25) is 4.90 Å². The van der Waals surface area contributed by atoms with Crippen LogP contribution in [0.1, 0.15) is 44.9 Å². The predicted octanol–water partition coefficient (Wildman–Crippen LogP) is 2.14. The second kappa shape index (κ2) is 6.24.